The maximum atomic E-state index is 10.5. The van der Waals surface area contributed by atoms with Gasteiger partial charge in [0.15, 0.2) is 5.78 Å². The summed E-state index contributed by atoms with van der Waals surface area (Å²) in [7, 11) is 0. The zero-order valence-corrected chi connectivity index (χ0v) is 5.51. The smallest absolute Gasteiger partial charge is 0.152 e. The standard InChI is InChI=1S/C6H9NO3/c1-4(8)2-3-5(7)6(9)10/h2-3,5H,7H2,1H3,(H,9,10)/b3-2-/i2D,3D. The minimum Gasteiger partial charge on any atom is -0.544 e. The van der Waals surface area contributed by atoms with E-state index in [0.717, 1.165) is 6.92 Å². The van der Waals surface area contributed by atoms with E-state index in [1.54, 1.807) is 0 Å². The number of ketones is 1. The van der Waals surface area contributed by atoms with Crippen molar-refractivity contribution in [1.29, 1.82) is 0 Å². The summed E-state index contributed by atoms with van der Waals surface area (Å²) in [6.45, 7) is 1.08. The van der Waals surface area contributed by atoms with Crippen LogP contribution in [0.2, 0.25) is 0 Å². The Morgan fingerprint density at radius 2 is 2.30 bits per heavy atom. The first-order valence-electron chi connectivity index (χ1n) is 3.60. The number of hydrogen-bond donors (Lipinski definition) is 1. The number of aliphatic carboxylic acids is 1. The summed E-state index contributed by atoms with van der Waals surface area (Å²) in [4.78, 5) is 20.7. The molecule has 0 aromatic heterocycles. The lowest BCUT2D eigenvalue weighted by Crippen LogP contribution is -2.67. The van der Waals surface area contributed by atoms with Crippen LogP contribution in [-0.2, 0) is 9.59 Å². The summed E-state index contributed by atoms with van der Waals surface area (Å²) < 4.78 is 14.0. The maximum Gasteiger partial charge on any atom is 0.152 e. The van der Waals surface area contributed by atoms with Crippen molar-refractivity contribution < 1.29 is 23.2 Å². The molecule has 0 bridgehead atoms. The third-order valence-corrected chi connectivity index (χ3v) is 0.707. The molecule has 1 atom stereocenters. The van der Waals surface area contributed by atoms with Gasteiger partial charge < -0.3 is 15.6 Å². The van der Waals surface area contributed by atoms with Crippen LogP contribution in [0, 0.1) is 0 Å². The Kier molecular flexibility index (Phi) is 2.13. The van der Waals surface area contributed by atoms with E-state index in [9.17, 15) is 14.7 Å². The third-order valence-electron chi connectivity index (χ3n) is 0.707. The van der Waals surface area contributed by atoms with Gasteiger partial charge in [-0.3, -0.25) is 4.79 Å². The molecule has 1 unspecified atom stereocenters. The van der Waals surface area contributed by atoms with Crippen LogP contribution in [0.15, 0.2) is 12.1 Å². The van der Waals surface area contributed by atoms with Crippen LogP contribution >= 0.6 is 0 Å². The van der Waals surface area contributed by atoms with Gasteiger partial charge >= 0.3 is 0 Å². The molecule has 10 heavy (non-hydrogen) atoms. The molecule has 0 fully saturated rings. The van der Waals surface area contributed by atoms with Crippen LogP contribution in [0.3, 0.4) is 0 Å². The summed E-state index contributed by atoms with van der Waals surface area (Å²) in [6.07, 6.45) is 0. The van der Waals surface area contributed by atoms with Crippen LogP contribution in [0.4, 0.5) is 0 Å². The first-order valence-corrected chi connectivity index (χ1v) is 2.60. The zero-order valence-electron chi connectivity index (χ0n) is 7.51. The van der Waals surface area contributed by atoms with Crippen LogP contribution in [0.1, 0.15) is 9.67 Å². The normalized spacial score (nSPS) is 18.2. The number of carboxylic acids is 1. The van der Waals surface area contributed by atoms with Crippen LogP contribution in [0.5, 0.6) is 0 Å². The van der Waals surface area contributed by atoms with Gasteiger partial charge in [0.25, 0.3) is 0 Å². The average molecular weight is 145 g/mol. The molecule has 0 aliphatic heterocycles. The van der Waals surface area contributed by atoms with Gasteiger partial charge in [-0.15, -0.1) is 0 Å². The lowest BCUT2D eigenvalue weighted by atomic mass is 10.2. The van der Waals surface area contributed by atoms with E-state index >= 15 is 0 Å². The molecule has 0 aromatic carbocycles. The van der Waals surface area contributed by atoms with E-state index in [-0.39, 0.29) is 0 Å². The molecular formula is C6H9NO3. The summed E-state index contributed by atoms with van der Waals surface area (Å²) in [6, 6.07) is -2.72. The van der Waals surface area contributed by atoms with Crippen LogP contribution in [0.25, 0.3) is 0 Å². The monoisotopic (exact) mass is 145 g/mol. The van der Waals surface area contributed by atoms with E-state index in [1.807, 2.05) is 0 Å². The summed E-state index contributed by atoms with van der Waals surface area (Å²) in [5.41, 5.74) is 3.06. The first kappa shape index (κ1) is 5.61. The van der Waals surface area contributed by atoms with E-state index in [4.69, 9.17) is 2.74 Å². The summed E-state index contributed by atoms with van der Waals surface area (Å²) in [5, 5.41) is 10.1. The van der Waals surface area contributed by atoms with Gasteiger partial charge in [0, 0.05) is 0 Å². The fraction of sp³-hybridized carbons (Fsp3) is 0.333. The number of quaternary nitrogens is 1. The highest BCUT2D eigenvalue weighted by Gasteiger charge is 1.99. The predicted octanol–water partition coefficient (Wildman–Crippen LogP) is -2.51. The molecule has 0 amide bonds. The molecule has 0 aliphatic rings. The Morgan fingerprint density at radius 3 is 2.60 bits per heavy atom. The molecule has 4 nitrogen and oxygen atoms in total. The van der Waals surface area contributed by atoms with E-state index in [0.29, 0.717) is 0 Å². The highest BCUT2D eigenvalue weighted by atomic mass is 16.4. The lowest BCUT2D eigenvalue weighted by molar-refractivity contribution is -0.424. The van der Waals surface area contributed by atoms with Gasteiger partial charge in [-0.05, 0) is 19.0 Å². The molecule has 0 aromatic rings. The van der Waals surface area contributed by atoms with Gasteiger partial charge in [-0.1, -0.05) is 0 Å². The topological polar surface area (TPSA) is 84.8 Å². The Morgan fingerprint density at radius 1 is 1.80 bits per heavy atom. The van der Waals surface area contributed by atoms with Crippen LogP contribution in [-0.4, -0.2) is 17.8 Å². The van der Waals surface area contributed by atoms with Crippen molar-refractivity contribution >= 4 is 11.8 Å². The van der Waals surface area contributed by atoms with E-state index in [2.05, 4.69) is 5.73 Å². The third kappa shape index (κ3) is 3.80. The Bertz CT molecular complexity index is 249. The number of carboxylic acid groups (broad SMARTS) is 1. The van der Waals surface area contributed by atoms with Crippen molar-refractivity contribution in [3.63, 3.8) is 0 Å². The molecule has 0 radical (unpaired) electrons. The maximum absolute atomic E-state index is 10.5. The molecule has 56 valence electrons. The molecule has 4 heteroatoms. The molecule has 0 aliphatic carbocycles. The molecular weight excluding hydrogens is 134 g/mol. The van der Waals surface area contributed by atoms with Crippen molar-refractivity contribution in [3.8, 4) is 0 Å². The number of rotatable bonds is 3. The Labute approximate surface area is 61.1 Å². The Balaban J connectivity index is 4.78. The lowest BCUT2D eigenvalue weighted by Gasteiger charge is -2.01. The predicted molar refractivity (Wildman–Crippen MR) is 31.5 cm³/mol. The van der Waals surface area contributed by atoms with Gasteiger partial charge in [-0.2, -0.15) is 0 Å². The SMILES string of the molecule is [2H]/C(C(C)=O)=C(\[2H])C([NH3+])C(=O)[O-]. The van der Waals surface area contributed by atoms with Crippen molar-refractivity contribution in [1.82, 2.24) is 0 Å². The van der Waals surface area contributed by atoms with Gasteiger partial charge in [0.05, 0.1) is 2.74 Å². The second-order valence-electron chi connectivity index (χ2n) is 1.70. The average Bonchev–Trinajstić information content (AvgIpc) is 2.00. The van der Waals surface area contributed by atoms with E-state index < -0.39 is 29.9 Å². The Hall–Kier alpha value is -1.16. The van der Waals surface area contributed by atoms with Gasteiger partial charge in [0.2, 0.25) is 0 Å². The van der Waals surface area contributed by atoms with Crippen molar-refractivity contribution in [2.75, 3.05) is 0 Å². The second kappa shape index (κ2) is 3.79. The summed E-state index contributed by atoms with van der Waals surface area (Å²) >= 11 is 0. The highest BCUT2D eigenvalue weighted by Crippen LogP contribution is 1.78. The minimum atomic E-state index is -1.56. The molecule has 0 rings (SSSR count). The van der Waals surface area contributed by atoms with E-state index in [1.165, 1.54) is 0 Å². The zero-order chi connectivity index (χ0) is 9.89. The van der Waals surface area contributed by atoms with Crippen molar-refractivity contribution in [3.05, 3.63) is 12.1 Å². The number of hydrogen-bond acceptors (Lipinski definition) is 3. The molecule has 0 spiro atoms. The number of carbonyl (C=O) groups is 2. The molecule has 0 saturated heterocycles. The molecule has 0 saturated carbocycles. The molecule has 0 heterocycles. The van der Waals surface area contributed by atoms with Gasteiger partial charge in [-0.25, -0.2) is 0 Å². The van der Waals surface area contributed by atoms with Crippen molar-refractivity contribution in [2.24, 2.45) is 0 Å². The van der Waals surface area contributed by atoms with Crippen molar-refractivity contribution in [2.45, 2.75) is 13.0 Å². The number of carbonyl (C=O) groups excluding carboxylic acids is 2. The summed E-state index contributed by atoms with van der Waals surface area (Å²) in [5.74, 6) is -2.22. The quantitative estimate of drug-likeness (QED) is 0.445. The van der Waals surface area contributed by atoms with Crippen LogP contribution < -0.4 is 10.8 Å². The highest BCUT2D eigenvalue weighted by molar-refractivity contribution is 5.88. The number of allylic oxidation sites excluding steroid dienone is 1. The second-order valence-corrected chi connectivity index (χ2v) is 1.70. The molecule has 3 N–H and O–H groups in total. The fourth-order valence-electron chi connectivity index (χ4n) is 0.248. The first-order chi connectivity index (χ1) is 5.37. The largest absolute Gasteiger partial charge is 0.544 e. The van der Waals surface area contributed by atoms with Gasteiger partial charge in [0.1, 0.15) is 12.0 Å². The minimum absolute atomic E-state index is 0.623. The fourth-order valence-corrected chi connectivity index (χ4v) is 0.248.